The number of nitrogens with zero attached hydrogens (tertiary/aromatic N) is 1. The number of halogens is 1. The molecule has 1 aromatic carbocycles. The molecule has 0 amide bonds. The van der Waals surface area contributed by atoms with Crippen LogP contribution in [0.25, 0.3) is 0 Å². The second-order valence-electron chi connectivity index (χ2n) is 4.91. The maximum atomic E-state index is 12.7. The first-order valence-electron chi connectivity index (χ1n) is 6.33. The molecule has 0 atom stereocenters. The summed E-state index contributed by atoms with van der Waals surface area (Å²) >= 11 is 6.01. The third-order valence-electron chi connectivity index (χ3n) is 2.71. The molecule has 0 spiro atoms. The predicted octanol–water partition coefficient (Wildman–Crippen LogP) is 2.22. The summed E-state index contributed by atoms with van der Waals surface area (Å²) in [5.41, 5.74) is 5.94. The molecular weight excluding hydrogens is 300 g/mol. The summed E-state index contributed by atoms with van der Waals surface area (Å²) in [5.74, 6) is 0.186. The first-order chi connectivity index (χ1) is 9.30. The van der Waals surface area contributed by atoms with Gasteiger partial charge in [-0.15, -0.1) is 0 Å². The number of anilines is 1. The summed E-state index contributed by atoms with van der Waals surface area (Å²) < 4.78 is 31.8. The first kappa shape index (κ1) is 17.2. The normalized spacial score (nSPS) is 12.3. The van der Waals surface area contributed by atoms with E-state index in [-0.39, 0.29) is 28.1 Å². The molecular formula is C13H21ClN2O3S. The number of methoxy groups -OCH3 is 1. The van der Waals surface area contributed by atoms with E-state index in [9.17, 15) is 8.42 Å². The Labute approximate surface area is 125 Å². The van der Waals surface area contributed by atoms with Crippen molar-refractivity contribution in [3.05, 3.63) is 23.2 Å². The zero-order valence-electron chi connectivity index (χ0n) is 12.0. The molecule has 1 aromatic rings. The van der Waals surface area contributed by atoms with Crippen LogP contribution in [-0.4, -0.2) is 39.5 Å². The van der Waals surface area contributed by atoms with E-state index in [1.54, 1.807) is 6.07 Å². The van der Waals surface area contributed by atoms with Gasteiger partial charge in [-0.1, -0.05) is 31.5 Å². The Bertz CT molecular complexity index is 526. The van der Waals surface area contributed by atoms with Crippen LogP contribution in [0.3, 0.4) is 0 Å². The molecule has 2 N–H and O–H groups in total. The first-order valence-corrected chi connectivity index (χ1v) is 8.15. The summed E-state index contributed by atoms with van der Waals surface area (Å²) in [6.45, 7) is 4.87. The third-order valence-corrected chi connectivity index (χ3v) is 5.12. The smallest absolute Gasteiger partial charge is 0.246 e. The van der Waals surface area contributed by atoms with E-state index in [1.807, 2.05) is 13.8 Å². The van der Waals surface area contributed by atoms with Crippen molar-refractivity contribution in [2.45, 2.75) is 18.7 Å². The van der Waals surface area contributed by atoms with Crippen LogP contribution in [0, 0.1) is 5.92 Å². The lowest BCUT2D eigenvalue weighted by atomic mass is 10.2. The van der Waals surface area contributed by atoms with Crippen molar-refractivity contribution in [3.8, 4) is 0 Å². The maximum Gasteiger partial charge on any atom is 0.246 e. The quantitative estimate of drug-likeness (QED) is 0.782. The lowest BCUT2D eigenvalue weighted by Crippen LogP contribution is -2.37. The van der Waals surface area contributed by atoms with Crippen molar-refractivity contribution in [1.82, 2.24) is 4.31 Å². The number of nitrogen functional groups attached to an aromatic ring is 1. The van der Waals surface area contributed by atoms with Crippen LogP contribution in [0.4, 0.5) is 5.69 Å². The molecule has 0 aliphatic carbocycles. The fourth-order valence-corrected chi connectivity index (χ4v) is 4.06. The fraction of sp³-hybridized carbons (Fsp3) is 0.538. The van der Waals surface area contributed by atoms with Crippen molar-refractivity contribution in [2.75, 3.05) is 32.5 Å². The third kappa shape index (κ3) is 4.09. The van der Waals surface area contributed by atoms with Crippen LogP contribution in [0.2, 0.25) is 5.02 Å². The van der Waals surface area contributed by atoms with Gasteiger partial charge in [0.15, 0.2) is 0 Å². The second-order valence-corrected chi connectivity index (χ2v) is 7.19. The number of benzene rings is 1. The second kappa shape index (κ2) is 7.26. The highest BCUT2D eigenvalue weighted by atomic mass is 35.5. The van der Waals surface area contributed by atoms with Crippen molar-refractivity contribution in [1.29, 1.82) is 0 Å². The Kier molecular flexibility index (Phi) is 6.26. The predicted molar refractivity (Wildman–Crippen MR) is 81.3 cm³/mol. The zero-order chi connectivity index (χ0) is 15.3. The van der Waals surface area contributed by atoms with E-state index in [0.29, 0.717) is 13.2 Å². The van der Waals surface area contributed by atoms with Crippen molar-refractivity contribution < 1.29 is 13.2 Å². The van der Waals surface area contributed by atoms with Gasteiger partial charge in [0.05, 0.1) is 17.3 Å². The van der Waals surface area contributed by atoms with Crippen molar-refractivity contribution in [3.63, 3.8) is 0 Å². The van der Waals surface area contributed by atoms with Crippen LogP contribution in [0.5, 0.6) is 0 Å². The van der Waals surface area contributed by atoms with E-state index in [1.165, 1.54) is 23.5 Å². The van der Waals surface area contributed by atoms with E-state index >= 15 is 0 Å². The molecule has 0 fully saturated rings. The monoisotopic (exact) mass is 320 g/mol. The van der Waals surface area contributed by atoms with Crippen molar-refractivity contribution >= 4 is 27.3 Å². The van der Waals surface area contributed by atoms with Gasteiger partial charge in [0.2, 0.25) is 10.0 Å². The Hall–Kier alpha value is -0.820. The standard InChI is InChI=1S/C13H21ClN2O3S/c1-10(2)9-16(7-8-19-3)20(17,18)13-11(14)5-4-6-12(13)15/h4-6,10H,7-9,15H2,1-3H3. The van der Waals surface area contributed by atoms with E-state index in [2.05, 4.69) is 0 Å². The molecule has 114 valence electrons. The summed E-state index contributed by atoms with van der Waals surface area (Å²) in [5, 5.41) is 0.135. The average Bonchev–Trinajstić information content (AvgIpc) is 2.33. The molecule has 0 unspecified atom stereocenters. The van der Waals surface area contributed by atoms with E-state index < -0.39 is 10.0 Å². The molecule has 0 radical (unpaired) electrons. The minimum Gasteiger partial charge on any atom is -0.398 e. The van der Waals surface area contributed by atoms with E-state index in [0.717, 1.165) is 0 Å². The maximum absolute atomic E-state index is 12.7. The lowest BCUT2D eigenvalue weighted by molar-refractivity contribution is 0.175. The van der Waals surface area contributed by atoms with Gasteiger partial charge < -0.3 is 10.5 Å². The molecule has 1 rings (SSSR count). The fourth-order valence-electron chi connectivity index (χ4n) is 1.84. The number of hydrogen-bond donors (Lipinski definition) is 1. The van der Waals surface area contributed by atoms with Crippen LogP contribution in [0.15, 0.2) is 23.1 Å². The molecule has 0 saturated heterocycles. The molecule has 5 nitrogen and oxygen atoms in total. The molecule has 0 aromatic heterocycles. The summed E-state index contributed by atoms with van der Waals surface area (Å²) in [4.78, 5) is -0.0292. The highest BCUT2D eigenvalue weighted by Crippen LogP contribution is 2.30. The zero-order valence-corrected chi connectivity index (χ0v) is 13.5. The lowest BCUT2D eigenvalue weighted by Gasteiger charge is -2.24. The molecule has 0 saturated carbocycles. The summed E-state index contributed by atoms with van der Waals surface area (Å²) in [6, 6.07) is 4.68. The van der Waals surface area contributed by atoms with Crippen LogP contribution in [0.1, 0.15) is 13.8 Å². The molecule has 0 aliphatic rings. The van der Waals surface area contributed by atoms with Gasteiger partial charge in [0.1, 0.15) is 4.90 Å². The van der Waals surface area contributed by atoms with Gasteiger partial charge in [0.25, 0.3) is 0 Å². The van der Waals surface area contributed by atoms with Gasteiger partial charge in [-0.25, -0.2) is 8.42 Å². The van der Waals surface area contributed by atoms with Gasteiger partial charge in [-0.05, 0) is 18.1 Å². The summed E-state index contributed by atoms with van der Waals surface area (Å²) in [7, 11) is -2.20. The van der Waals surface area contributed by atoms with Gasteiger partial charge in [0, 0.05) is 20.2 Å². The van der Waals surface area contributed by atoms with Crippen molar-refractivity contribution in [2.24, 2.45) is 5.92 Å². The number of rotatable bonds is 7. The molecule has 20 heavy (non-hydrogen) atoms. The highest BCUT2D eigenvalue weighted by Gasteiger charge is 2.29. The number of ether oxygens (including phenoxy) is 1. The van der Waals surface area contributed by atoms with Crippen LogP contribution < -0.4 is 5.73 Å². The Morgan fingerprint density at radius 1 is 1.40 bits per heavy atom. The van der Waals surface area contributed by atoms with Gasteiger partial charge in [-0.3, -0.25) is 0 Å². The van der Waals surface area contributed by atoms with Crippen LogP contribution >= 0.6 is 11.6 Å². The number of nitrogens with two attached hydrogens (primary N) is 1. The molecule has 7 heteroatoms. The van der Waals surface area contributed by atoms with Crippen LogP contribution in [-0.2, 0) is 14.8 Å². The Balaban J connectivity index is 3.21. The minimum absolute atomic E-state index is 0.0292. The molecule has 0 bridgehead atoms. The SMILES string of the molecule is COCCN(CC(C)C)S(=O)(=O)c1c(N)cccc1Cl. The molecule has 0 heterocycles. The summed E-state index contributed by atoms with van der Waals surface area (Å²) in [6.07, 6.45) is 0. The largest absolute Gasteiger partial charge is 0.398 e. The number of sulfonamides is 1. The van der Waals surface area contributed by atoms with Gasteiger partial charge in [-0.2, -0.15) is 4.31 Å². The molecule has 0 aliphatic heterocycles. The Morgan fingerprint density at radius 2 is 2.05 bits per heavy atom. The number of hydrogen-bond acceptors (Lipinski definition) is 4. The minimum atomic E-state index is -3.73. The van der Waals surface area contributed by atoms with Gasteiger partial charge >= 0.3 is 0 Å². The Morgan fingerprint density at radius 3 is 2.55 bits per heavy atom. The highest BCUT2D eigenvalue weighted by molar-refractivity contribution is 7.89. The van der Waals surface area contributed by atoms with E-state index in [4.69, 9.17) is 22.1 Å². The topological polar surface area (TPSA) is 72.6 Å². The average molecular weight is 321 g/mol.